The van der Waals surface area contributed by atoms with Gasteiger partial charge in [-0.1, -0.05) is 166 Å². The summed E-state index contributed by atoms with van der Waals surface area (Å²) < 4.78 is 0. The first-order valence-corrected chi connectivity index (χ1v) is 44.4. The zero-order valence-electron chi connectivity index (χ0n) is 76.3. The van der Waals surface area contributed by atoms with Gasteiger partial charge >= 0.3 is 0 Å². The molecule has 0 radical (unpaired) electrons. The van der Waals surface area contributed by atoms with Crippen molar-refractivity contribution in [2.45, 2.75) is 311 Å². The lowest BCUT2D eigenvalue weighted by Crippen LogP contribution is -2.62. The van der Waals surface area contributed by atoms with Gasteiger partial charge in [0.1, 0.15) is 84.6 Å². The van der Waals surface area contributed by atoms with Gasteiger partial charge in [0.15, 0.2) is 0 Å². The van der Waals surface area contributed by atoms with Gasteiger partial charge < -0.3 is 108 Å². The third kappa shape index (κ3) is 38.5. The largest absolute Gasteiger partial charge is 0.368 e. The standard InChI is InChI=1S/C89H150N20O15/c1-18-56(16)75(89(124)106-66(41-50(4)5)81(116)96-57(17)77(112)107-73(54(12)13)88(123)105-69(44-53(10)11)83(118)99-63(35-25-28-38-91)79(114)108-74(55(14)15)87(122)101-65(76(94)111)40-49(2)3)109-80(115)64(36-26-29-39-92)100-82(117)67(42-51(6)7)103-85(120)70(45-58-30-20-19-21-31-58)104-84(119)68(43-52(8)9)102-78(113)62(34-24-27-37-90)98-86(121)71(97-72(110)47-93)46-59-48-95-61-33-23-22-32-60(59)61/h19-23,30-33,48-57,62-71,73-75,95H,18,24-29,34-47,90-93H2,1-17H3,(H2,94,111)(H,96,116)(H,97,110)(H,98,121)(H,99,118)(H,100,117)(H,101,122)(H,102,113)(H,103,120)(H,104,119)(H,105,123)(H,106,124)(H,107,112)(H,108,114)(H,109,115)/t56-,57-,62-,63-,64-,65-,66-,67-,68-,69-,70-,71-,73-,74-,75-/m0/s1. The van der Waals surface area contributed by atoms with Crippen LogP contribution in [-0.4, -0.2) is 204 Å². The second-order valence-electron chi connectivity index (χ2n) is 35.6. The van der Waals surface area contributed by atoms with Crippen LogP contribution in [0, 0.1) is 47.3 Å². The molecule has 124 heavy (non-hydrogen) atoms. The third-order valence-electron chi connectivity index (χ3n) is 21.4. The van der Waals surface area contributed by atoms with Gasteiger partial charge in [-0.05, 0) is 181 Å². The van der Waals surface area contributed by atoms with Crippen molar-refractivity contribution < 1.29 is 71.9 Å². The number of nitrogens with two attached hydrogens (primary N) is 5. The van der Waals surface area contributed by atoms with Crippen LogP contribution >= 0.6 is 0 Å². The van der Waals surface area contributed by atoms with Gasteiger partial charge in [-0.25, -0.2) is 0 Å². The second kappa shape index (κ2) is 56.0. The summed E-state index contributed by atoms with van der Waals surface area (Å²) in [6.45, 7) is 30.4. The number of aromatic amines is 1. The van der Waals surface area contributed by atoms with Gasteiger partial charge in [-0.15, -0.1) is 0 Å². The molecular formula is C89H150N20O15. The number of rotatable bonds is 59. The van der Waals surface area contributed by atoms with Gasteiger partial charge in [-0.2, -0.15) is 0 Å². The summed E-state index contributed by atoms with van der Waals surface area (Å²) in [7, 11) is 0. The van der Waals surface area contributed by atoms with Crippen molar-refractivity contribution in [3.63, 3.8) is 0 Å². The van der Waals surface area contributed by atoms with Gasteiger partial charge in [0, 0.05) is 29.9 Å². The van der Waals surface area contributed by atoms with E-state index in [1.54, 1.807) is 78.1 Å². The topological polar surface area (TPSA) is 570 Å². The molecule has 25 N–H and O–H groups in total. The number of fused-ring (bicyclic) bond motifs is 1. The molecule has 0 aliphatic rings. The van der Waals surface area contributed by atoms with Crippen molar-refractivity contribution in [2.24, 2.45) is 76.0 Å². The van der Waals surface area contributed by atoms with E-state index in [0.29, 0.717) is 57.1 Å². The Hall–Kier alpha value is -10.1. The quantitative estimate of drug-likeness (QED) is 0.0360. The van der Waals surface area contributed by atoms with Crippen LogP contribution in [0.15, 0.2) is 60.8 Å². The molecule has 696 valence electrons. The molecule has 1 heterocycles. The Morgan fingerprint density at radius 1 is 0.323 bits per heavy atom. The lowest BCUT2D eigenvalue weighted by atomic mass is 9.95. The smallest absolute Gasteiger partial charge is 0.243 e. The molecule has 0 aliphatic carbocycles. The van der Waals surface area contributed by atoms with Crippen LogP contribution in [0.5, 0.6) is 0 Å². The highest BCUT2D eigenvalue weighted by molar-refractivity contribution is 6.01. The maximum Gasteiger partial charge on any atom is 0.243 e. The molecule has 0 fully saturated rings. The highest BCUT2D eigenvalue weighted by atomic mass is 16.2. The van der Waals surface area contributed by atoms with E-state index in [-0.39, 0.29) is 107 Å². The minimum absolute atomic E-state index is 0.00548. The third-order valence-corrected chi connectivity index (χ3v) is 21.4. The zero-order valence-corrected chi connectivity index (χ0v) is 76.3. The average molecular weight is 1740 g/mol. The normalized spacial score (nSPS) is 15.2. The van der Waals surface area contributed by atoms with Gasteiger partial charge in [0.05, 0.1) is 6.54 Å². The van der Waals surface area contributed by atoms with E-state index in [4.69, 9.17) is 28.7 Å². The summed E-state index contributed by atoms with van der Waals surface area (Å²) in [4.78, 5) is 217. The Kier molecular flexibility index (Phi) is 48.8. The number of amides is 15. The van der Waals surface area contributed by atoms with E-state index >= 15 is 4.79 Å². The highest BCUT2D eigenvalue weighted by Crippen LogP contribution is 2.22. The van der Waals surface area contributed by atoms with Gasteiger partial charge in [0.25, 0.3) is 0 Å². The van der Waals surface area contributed by atoms with E-state index in [9.17, 15) is 67.1 Å². The molecule has 3 rings (SSSR count). The van der Waals surface area contributed by atoms with Gasteiger partial charge in [0.2, 0.25) is 88.6 Å². The summed E-state index contributed by atoms with van der Waals surface area (Å²) in [6.07, 6.45) is 5.38. The monoisotopic (exact) mass is 1740 g/mol. The van der Waals surface area contributed by atoms with Crippen molar-refractivity contribution >= 4 is 99.5 Å². The number of carbonyl (C=O) groups is 15. The van der Waals surface area contributed by atoms with Crippen molar-refractivity contribution in [3.05, 3.63) is 71.9 Å². The summed E-state index contributed by atoms with van der Waals surface area (Å²) in [5, 5.41) is 39.7. The fourth-order valence-electron chi connectivity index (χ4n) is 14.2. The predicted octanol–water partition coefficient (Wildman–Crippen LogP) is 2.18. The first-order valence-electron chi connectivity index (χ1n) is 44.4. The molecule has 35 heteroatoms. The first kappa shape index (κ1) is 108. The van der Waals surface area contributed by atoms with Crippen LogP contribution in [0.1, 0.15) is 225 Å². The maximum atomic E-state index is 15.0. The molecule has 0 saturated carbocycles. The van der Waals surface area contributed by atoms with E-state index < -0.39 is 197 Å². The van der Waals surface area contributed by atoms with E-state index in [1.165, 1.54) is 6.92 Å². The number of primary amides is 1. The number of benzene rings is 2. The van der Waals surface area contributed by atoms with Crippen LogP contribution in [0.25, 0.3) is 10.9 Å². The zero-order chi connectivity index (χ0) is 93.2. The fourth-order valence-corrected chi connectivity index (χ4v) is 14.2. The number of hydrogen-bond acceptors (Lipinski definition) is 19. The number of nitrogens with one attached hydrogen (secondary N) is 15. The summed E-state index contributed by atoms with van der Waals surface area (Å²) >= 11 is 0. The van der Waals surface area contributed by atoms with E-state index in [2.05, 4.69) is 79.4 Å². The molecule has 15 atom stereocenters. The van der Waals surface area contributed by atoms with Crippen LogP contribution < -0.4 is 103 Å². The second-order valence-corrected chi connectivity index (χ2v) is 35.6. The Morgan fingerprint density at radius 2 is 0.637 bits per heavy atom. The minimum atomic E-state index is -1.37. The van der Waals surface area contributed by atoms with Gasteiger partial charge in [-0.3, -0.25) is 71.9 Å². The lowest BCUT2D eigenvalue weighted by Gasteiger charge is -2.30. The number of para-hydroxylation sites is 1. The molecule has 0 saturated heterocycles. The fraction of sp³-hybridized carbons (Fsp3) is 0.674. The summed E-state index contributed by atoms with van der Waals surface area (Å²) in [5.74, 6) is -13.4. The number of aromatic nitrogens is 1. The lowest BCUT2D eigenvalue weighted by molar-refractivity contribution is -0.137. The minimum Gasteiger partial charge on any atom is -0.368 e. The molecule has 0 spiro atoms. The molecule has 35 nitrogen and oxygen atoms in total. The molecule has 1 aromatic heterocycles. The van der Waals surface area contributed by atoms with Crippen LogP contribution in [-0.2, 0) is 84.8 Å². The van der Waals surface area contributed by atoms with Crippen molar-refractivity contribution in [2.75, 3.05) is 26.2 Å². The Morgan fingerprint density at radius 3 is 1.02 bits per heavy atom. The van der Waals surface area contributed by atoms with E-state index in [0.717, 1.165) is 16.5 Å². The number of carbonyl (C=O) groups excluding carboxylic acids is 15. The highest BCUT2D eigenvalue weighted by Gasteiger charge is 2.40. The van der Waals surface area contributed by atoms with E-state index in [1.807, 2.05) is 93.5 Å². The summed E-state index contributed by atoms with van der Waals surface area (Å²) in [6, 6.07) is -1.20. The SMILES string of the molecule is CC[C@H](C)[C@H](NC(=O)[C@H](CCCCN)NC(=O)[C@H](CC(C)C)NC(=O)[C@H](Cc1ccccc1)NC(=O)[C@H](CC(C)C)NC(=O)[C@H](CCCCN)NC(=O)[C@H](Cc1c[nH]c2ccccc12)NC(=O)CN)C(=O)N[C@@H](CC(C)C)C(=O)N[C@@H](C)C(=O)N[C@H](C(=O)N[C@@H](CC(C)C)C(=O)N[C@@H](CCCCN)C(=O)N[C@H](C(=O)N[C@@H](CC(C)C)C(N)=O)C(C)C)C(C)C. The number of hydrogen-bond donors (Lipinski definition) is 20. The van der Waals surface area contributed by atoms with Crippen LogP contribution in [0.4, 0.5) is 0 Å². The molecule has 0 unspecified atom stereocenters. The summed E-state index contributed by atoms with van der Waals surface area (Å²) in [5.41, 5.74) is 31.1. The number of H-pyrrole nitrogens is 1. The molecule has 2 aromatic carbocycles. The Labute approximate surface area is 733 Å². The molecule has 15 amide bonds. The first-order chi connectivity index (χ1) is 58.5. The molecule has 0 aliphatic heterocycles. The molecular weight excluding hydrogens is 1590 g/mol. The predicted molar refractivity (Wildman–Crippen MR) is 478 cm³/mol. The average Bonchev–Trinajstić information content (AvgIpc) is 1.64. The Bertz CT molecular complexity index is 3910. The van der Waals surface area contributed by atoms with Crippen molar-refractivity contribution in [1.82, 2.24) is 79.4 Å². The van der Waals surface area contributed by atoms with Crippen molar-refractivity contribution in [1.29, 1.82) is 0 Å². The maximum absolute atomic E-state index is 15.0. The molecule has 0 bridgehead atoms. The number of unbranched alkanes of at least 4 members (excludes halogenated alkanes) is 3. The molecule has 3 aromatic rings. The van der Waals surface area contributed by atoms with Crippen LogP contribution in [0.3, 0.4) is 0 Å². The van der Waals surface area contributed by atoms with Crippen LogP contribution in [0.2, 0.25) is 0 Å². The Balaban J connectivity index is 1.91. The van der Waals surface area contributed by atoms with Crippen molar-refractivity contribution in [3.8, 4) is 0 Å².